The number of aldehydes is 1. The Balaban J connectivity index is 1.64. The van der Waals surface area contributed by atoms with Crippen LogP contribution in [-0.4, -0.2) is 32.7 Å². The van der Waals surface area contributed by atoms with Gasteiger partial charge in [0, 0.05) is 30.3 Å². The van der Waals surface area contributed by atoms with Crippen molar-refractivity contribution >= 4 is 23.7 Å². The molecule has 0 unspecified atom stereocenters. The van der Waals surface area contributed by atoms with E-state index in [4.69, 9.17) is 9.72 Å². The third-order valence-electron chi connectivity index (χ3n) is 5.84. The molecule has 180 valence electrons. The molecule has 0 bridgehead atoms. The van der Waals surface area contributed by atoms with Gasteiger partial charge in [-0.25, -0.2) is 9.97 Å². The molecule has 1 aliphatic rings. The molecule has 1 fully saturated rings. The van der Waals surface area contributed by atoms with Crippen LogP contribution >= 0.6 is 0 Å². The minimum Gasteiger partial charge on any atom is -0.490 e. The molecule has 0 radical (unpaired) electrons. The maximum Gasteiger partial charge on any atom is 0.433 e. The molecule has 3 heterocycles. The summed E-state index contributed by atoms with van der Waals surface area (Å²) in [5.74, 6) is -0.273. The molecule has 0 aromatic carbocycles. The topological polar surface area (TPSA) is 85.6 Å². The van der Waals surface area contributed by atoms with E-state index in [1.165, 1.54) is 12.1 Å². The molecule has 3 aromatic rings. The number of amides is 1. The highest BCUT2D eigenvalue weighted by Crippen LogP contribution is 2.35. The number of carbonyl (C=O) groups is 2. The first-order chi connectivity index (χ1) is 16.1. The van der Waals surface area contributed by atoms with Gasteiger partial charge in [-0.15, -0.1) is 0 Å². The number of imidazole rings is 1. The lowest BCUT2D eigenvalue weighted by atomic mass is 9.81. The van der Waals surface area contributed by atoms with Crippen molar-refractivity contribution in [1.29, 1.82) is 0 Å². The van der Waals surface area contributed by atoms with Gasteiger partial charge in [-0.1, -0.05) is 6.07 Å². The number of hydrogen-bond donors (Lipinski definition) is 1. The zero-order valence-corrected chi connectivity index (χ0v) is 18.8. The van der Waals surface area contributed by atoms with Crippen LogP contribution in [0.3, 0.4) is 0 Å². The quantitative estimate of drug-likeness (QED) is 0.493. The van der Waals surface area contributed by atoms with Gasteiger partial charge < -0.3 is 19.2 Å². The number of halogens is 3. The van der Waals surface area contributed by atoms with Gasteiger partial charge in [0.2, 0.25) is 0 Å². The summed E-state index contributed by atoms with van der Waals surface area (Å²) in [6.45, 7) is 3.62. The Morgan fingerprint density at radius 3 is 2.56 bits per heavy atom. The standard InChI is InChI=1S/C24H25F3N4O3/c1-14(2)34-19-10-22-28-18(16-8-6-15(13-32)7-9-16)12-31(22)11-17(19)23(33)30-21-5-3-4-20(29-21)24(25,26)27/h3-5,10-16H,6-9H2,1-2H3,(H,29,30,33)/t15-,16-. The van der Waals surface area contributed by atoms with E-state index in [2.05, 4.69) is 10.3 Å². The first kappa shape index (κ1) is 23.7. The van der Waals surface area contributed by atoms with Crippen LogP contribution in [0.5, 0.6) is 5.75 Å². The molecular weight excluding hydrogens is 449 g/mol. The number of nitrogens with one attached hydrogen (secondary N) is 1. The second-order valence-electron chi connectivity index (χ2n) is 8.76. The van der Waals surface area contributed by atoms with E-state index in [1.807, 2.05) is 20.0 Å². The fraction of sp³-hybridized carbons (Fsp3) is 0.417. The molecule has 4 rings (SSSR count). The monoisotopic (exact) mass is 474 g/mol. The van der Waals surface area contributed by atoms with Gasteiger partial charge in [-0.2, -0.15) is 13.2 Å². The summed E-state index contributed by atoms with van der Waals surface area (Å²) in [6, 6.07) is 4.96. The Bertz CT molecular complexity index is 1200. The van der Waals surface area contributed by atoms with Crippen molar-refractivity contribution in [2.45, 2.75) is 57.7 Å². The fourth-order valence-corrected chi connectivity index (χ4v) is 4.15. The first-order valence-corrected chi connectivity index (χ1v) is 11.1. The minimum absolute atomic E-state index is 0.0964. The van der Waals surface area contributed by atoms with E-state index in [0.29, 0.717) is 5.65 Å². The van der Waals surface area contributed by atoms with Gasteiger partial charge in [0.05, 0.1) is 17.4 Å². The number of anilines is 1. The van der Waals surface area contributed by atoms with E-state index in [-0.39, 0.29) is 35.1 Å². The van der Waals surface area contributed by atoms with Crippen molar-refractivity contribution < 1.29 is 27.5 Å². The normalized spacial score (nSPS) is 18.8. The lowest BCUT2D eigenvalue weighted by molar-refractivity contribution is -0.141. The summed E-state index contributed by atoms with van der Waals surface area (Å²) in [6.07, 6.45) is 2.91. The van der Waals surface area contributed by atoms with Gasteiger partial charge >= 0.3 is 6.18 Å². The van der Waals surface area contributed by atoms with Crippen molar-refractivity contribution in [3.8, 4) is 5.75 Å². The van der Waals surface area contributed by atoms with E-state index >= 15 is 0 Å². The van der Waals surface area contributed by atoms with Crippen molar-refractivity contribution in [3.05, 3.63) is 53.6 Å². The van der Waals surface area contributed by atoms with Crippen molar-refractivity contribution in [2.75, 3.05) is 5.32 Å². The zero-order valence-electron chi connectivity index (χ0n) is 18.8. The summed E-state index contributed by atoms with van der Waals surface area (Å²) in [5.41, 5.74) is 0.519. The maximum atomic E-state index is 13.0. The molecule has 1 N–H and O–H groups in total. The molecule has 1 saturated carbocycles. The summed E-state index contributed by atoms with van der Waals surface area (Å²) in [5, 5.41) is 2.43. The molecular formula is C24H25F3N4O3. The van der Waals surface area contributed by atoms with Crippen LogP contribution in [0.4, 0.5) is 19.0 Å². The molecule has 1 aliphatic carbocycles. The van der Waals surface area contributed by atoms with Crippen LogP contribution in [0.25, 0.3) is 5.65 Å². The predicted molar refractivity (Wildman–Crippen MR) is 119 cm³/mol. The molecule has 0 saturated heterocycles. The Kier molecular flexibility index (Phi) is 6.58. The van der Waals surface area contributed by atoms with Crippen LogP contribution in [0.15, 0.2) is 36.7 Å². The van der Waals surface area contributed by atoms with Crippen LogP contribution in [0.1, 0.15) is 67.2 Å². The van der Waals surface area contributed by atoms with Crippen molar-refractivity contribution in [1.82, 2.24) is 14.4 Å². The number of ether oxygens (including phenoxy) is 1. The summed E-state index contributed by atoms with van der Waals surface area (Å²) in [7, 11) is 0. The average molecular weight is 474 g/mol. The number of carbonyl (C=O) groups excluding carboxylic acids is 2. The van der Waals surface area contributed by atoms with Crippen LogP contribution in [0.2, 0.25) is 0 Å². The van der Waals surface area contributed by atoms with Gasteiger partial charge in [0.15, 0.2) is 0 Å². The smallest absolute Gasteiger partial charge is 0.433 e. The third kappa shape index (κ3) is 5.21. The average Bonchev–Trinajstić information content (AvgIpc) is 3.21. The Hall–Kier alpha value is -3.43. The number of nitrogens with zero attached hydrogens (tertiary/aromatic N) is 3. The lowest BCUT2D eigenvalue weighted by Crippen LogP contribution is -2.18. The van der Waals surface area contributed by atoms with E-state index in [1.54, 1.807) is 16.7 Å². The molecule has 0 spiro atoms. The molecule has 0 aliphatic heterocycles. The fourth-order valence-electron chi connectivity index (χ4n) is 4.15. The Labute approximate surface area is 194 Å². The van der Waals surface area contributed by atoms with E-state index in [0.717, 1.165) is 43.7 Å². The van der Waals surface area contributed by atoms with Crippen molar-refractivity contribution in [3.63, 3.8) is 0 Å². The molecule has 3 aromatic heterocycles. The second kappa shape index (κ2) is 9.44. The lowest BCUT2D eigenvalue weighted by Gasteiger charge is -2.23. The summed E-state index contributed by atoms with van der Waals surface area (Å²) < 4.78 is 46.5. The van der Waals surface area contributed by atoms with Gasteiger partial charge in [-0.05, 0) is 51.7 Å². The zero-order chi connectivity index (χ0) is 24.5. The van der Waals surface area contributed by atoms with Crippen LogP contribution < -0.4 is 10.1 Å². The first-order valence-electron chi connectivity index (χ1n) is 11.1. The number of rotatable bonds is 6. The third-order valence-corrected chi connectivity index (χ3v) is 5.84. The minimum atomic E-state index is -4.62. The van der Waals surface area contributed by atoms with Gasteiger partial charge in [-0.3, -0.25) is 4.79 Å². The maximum absolute atomic E-state index is 13.0. The number of aromatic nitrogens is 3. The highest BCUT2D eigenvalue weighted by atomic mass is 19.4. The second-order valence-corrected chi connectivity index (χ2v) is 8.76. The Morgan fingerprint density at radius 1 is 1.18 bits per heavy atom. The van der Waals surface area contributed by atoms with E-state index in [9.17, 15) is 22.8 Å². The van der Waals surface area contributed by atoms with E-state index < -0.39 is 17.8 Å². The number of alkyl halides is 3. The van der Waals surface area contributed by atoms with Gasteiger partial charge in [0.1, 0.15) is 29.2 Å². The van der Waals surface area contributed by atoms with Crippen molar-refractivity contribution in [2.24, 2.45) is 5.92 Å². The van der Waals surface area contributed by atoms with Crippen LogP contribution in [-0.2, 0) is 11.0 Å². The molecule has 1 amide bonds. The number of hydrogen-bond acceptors (Lipinski definition) is 5. The molecule has 0 atom stereocenters. The Morgan fingerprint density at radius 2 is 1.91 bits per heavy atom. The number of fused-ring (bicyclic) bond motifs is 1. The summed E-state index contributed by atoms with van der Waals surface area (Å²) in [4.78, 5) is 32.3. The molecule has 7 nitrogen and oxygen atoms in total. The largest absolute Gasteiger partial charge is 0.490 e. The highest BCUT2D eigenvalue weighted by Gasteiger charge is 2.32. The predicted octanol–water partition coefficient (Wildman–Crippen LogP) is 5.26. The molecule has 10 heteroatoms. The summed E-state index contributed by atoms with van der Waals surface area (Å²) >= 11 is 0. The van der Waals surface area contributed by atoms with Crippen LogP contribution in [0, 0.1) is 5.92 Å². The SMILES string of the molecule is CC(C)Oc1cc2nc([C@H]3CC[C@H](C=O)CC3)cn2cc1C(=O)Nc1cccc(C(F)(F)F)n1. The highest BCUT2D eigenvalue weighted by molar-refractivity contribution is 6.05. The van der Waals surface area contributed by atoms with Gasteiger partial charge in [0.25, 0.3) is 5.91 Å². The number of pyridine rings is 2. The molecule has 34 heavy (non-hydrogen) atoms.